The van der Waals surface area contributed by atoms with Crippen LogP contribution >= 0.6 is 11.5 Å². The van der Waals surface area contributed by atoms with E-state index in [-0.39, 0.29) is 5.60 Å². The van der Waals surface area contributed by atoms with Crippen LogP contribution in [-0.2, 0) is 10.3 Å². The van der Waals surface area contributed by atoms with Crippen molar-refractivity contribution < 1.29 is 4.74 Å². The molecule has 0 saturated heterocycles. The highest BCUT2D eigenvalue weighted by Gasteiger charge is 2.39. The predicted octanol–water partition coefficient (Wildman–Crippen LogP) is 3.41. The van der Waals surface area contributed by atoms with Gasteiger partial charge in [-0.2, -0.15) is 4.37 Å². The van der Waals surface area contributed by atoms with Crippen molar-refractivity contribution in [2.24, 2.45) is 5.92 Å². The quantitative estimate of drug-likeness (QED) is 0.890. The third kappa shape index (κ3) is 2.83. The van der Waals surface area contributed by atoms with E-state index < -0.39 is 0 Å². The zero-order chi connectivity index (χ0) is 13.0. The molecule has 0 atom stereocenters. The molecule has 1 fully saturated rings. The highest BCUT2D eigenvalue weighted by Crippen LogP contribution is 2.41. The molecule has 0 aromatic carbocycles. The maximum absolute atomic E-state index is 5.78. The van der Waals surface area contributed by atoms with Crippen LogP contribution in [0, 0.1) is 5.92 Å². The third-order valence-corrected chi connectivity index (χ3v) is 4.51. The molecule has 4 nitrogen and oxygen atoms in total. The number of nitrogens with zero attached hydrogens (tertiary/aromatic N) is 2. The van der Waals surface area contributed by atoms with E-state index in [4.69, 9.17) is 4.74 Å². The van der Waals surface area contributed by atoms with Gasteiger partial charge in [-0.25, -0.2) is 4.98 Å². The first-order chi connectivity index (χ1) is 8.70. The van der Waals surface area contributed by atoms with Crippen molar-refractivity contribution in [3.05, 3.63) is 5.82 Å². The zero-order valence-electron chi connectivity index (χ0n) is 11.5. The highest BCUT2D eigenvalue weighted by atomic mass is 32.1. The van der Waals surface area contributed by atoms with Gasteiger partial charge in [-0.15, -0.1) is 0 Å². The molecular weight excluding hydrogens is 246 g/mol. The number of nitrogens with one attached hydrogen (secondary N) is 1. The van der Waals surface area contributed by atoms with Crippen LogP contribution < -0.4 is 5.32 Å². The van der Waals surface area contributed by atoms with Crippen molar-refractivity contribution in [2.45, 2.75) is 51.6 Å². The summed E-state index contributed by atoms with van der Waals surface area (Å²) in [5.74, 6) is 1.67. The molecule has 1 aliphatic carbocycles. The summed E-state index contributed by atoms with van der Waals surface area (Å²) in [6.45, 7) is 5.40. The van der Waals surface area contributed by atoms with Crippen LogP contribution in [-0.4, -0.2) is 23.0 Å². The molecule has 0 unspecified atom stereocenters. The van der Waals surface area contributed by atoms with Crippen LogP contribution in [0.15, 0.2) is 0 Å². The second-order valence-corrected chi connectivity index (χ2v) is 5.98. The largest absolute Gasteiger partial charge is 0.370 e. The molecule has 2 rings (SSSR count). The Morgan fingerprint density at radius 3 is 2.78 bits per heavy atom. The first-order valence-electron chi connectivity index (χ1n) is 6.83. The van der Waals surface area contributed by atoms with Gasteiger partial charge in [0.05, 0.1) is 0 Å². The molecule has 1 aromatic rings. The molecule has 102 valence electrons. The number of ether oxygens (including phenoxy) is 1. The lowest BCUT2D eigenvalue weighted by molar-refractivity contribution is -0.0588. The topological polar surface area (TPSA) is 47.0 Å². The molecule has 0 amide bonds. The number of hydrogen-bond donors (Lipinski definition) is 1. The SMILES string of the molecule is CCCNc1nc(C2(OC)CCC(C)CC2)ns1. The highest BCUT2D eigenvalue weighted by molar-refractivity contribution is 7.09. The Morgan fingerprint density at radius 2 is 2.17 bits per heavy atom. The monoisotopic (exact) mass is 269 g/mol. The predicted molar refractivity (Wildman–Crippen MR) is 75.0 cm³/mol. The van der Waals surface area contributed by atoms with Gasteiger partial charge in [-0.1, -0.05) is 13.8 Å². The van der Waals surface area contributed by atoms with E-state index >= 15 is 0 Å². The van der Waals surface area contributed by atoms with Gasteiger partial charge >= 0.3 is 0 Å². The number of rotatable bonds is 5. The van der Waals surface area contributed by atoms with E-state index in [0.717, 1.165) is 42.7 Å². The first kappa shape index (κ1) is 13.7. The fourth-order valence-corrected chi connectivity index (χ4v) is 3.13. The average molecular weight is 269 g/mol. The molecule has 0 radical (unpaired) electrons. The van der Waals surface area contributed by atoms with Crippen LogP contribution in [0.25, 0.3) is 0 Å². The molecule has 1 N–H and O–H groups in total. The van der Waals surface area contributed by atoms with Crippen molar-refractivity contribution in [2.75, 3.05) is 19.0 Å². The number of methoxy groups -OCH3 is 1. The van der Waals surface area contributed by atoms with E-state index in [1.54, 1.807) is 7.11 Å². The Hall–Kier alpha value is -0.680. The Bertz CT molecular complexity index is 372. The minimum absolute atomic E-state index is 0.241. The number of anilines is 1. The summed E-state index contributed by atoms with van der Waals surface area (Å²) in [5.41, 5.74) is -0.241. The van der Waals surface area contributed by atoms with Crippen molar-refractivity contribution >= 4 is 16.7 Å². The van der Waals surface area contributed by atoms with Gasteiger partial charge in [-0.05, 0) is 38.0 Å². The van der Waals surface area contributed by atoms with E-state index in [1.807, 2.05) is 0 Å². The minimum atomic E-state index is -0.241. The van der Waals surface area contributed by atoms with Crippen LogP contribution in [0.5, 0.6) is 0 Å². The van der Waals surface area contributed by atoms with E-state index in [0.29, 0.717) is 0 Å². The van der Waals surface area contributed by atoms with Crippen LogP contribution in [0.4, 0.5) is 5.13 Å². The van der Waals surface area contributed by atoms with Crippen LogP contribution in [0.3, 0.4) is 0 Å². The molecule has 18 heavy (non-hydrogen) atoms. The molecular formula is C13H23N3OS. The Morgan fingerprint density at radius 1 is 1.44 bits per heavy atom. The third-order valence-electron chi connectivity index (χ3n) is 3.83. The van der Waals surface area contributed by atoms with Gasteiger partial charge in [0.1, 0.15) is 5.60 Å². The van der Waals surface area contributed by atoms with Crippen LogP contribution in [0.1, 0.15) is 51.8 Å². The Kier molecular flexibility index (Phi) is 4.56. The zero-order valence-corrected chi connectivity index (χ0v) is 12.3. The molecule has 0 spiro atoms. The molecule has 5 heteroatoms. The summed E-state index contributed by atoms with van der Waals surface area (Å²) in [6, 6.07) is 0. The van der Waals surface area contributed by atoms with Gasteiger partial charge in [0.2, 0.25) is 5.13 Å². The number of hydrogen-bond acceptors (Lipinski definition) is 5. The fourth-order valence-electron chi connectivity index (χ4n) is 2.46. The average Bonchev–Trinajstić information content (AvgIpc) is 2.87. The van der Waals surface area contributed by atoms with Crippen LogP contribution in [0.2, 0.25) is 0 Å². The summed E-state index contributed by atoms with van der Waals surface area (Å²) in [6.07, 6.45) is 5.57. The van der Waals surface area contributed by atoms with Gasteiger partial charge in [0.15, 0.2) is 5.82 Å². The summed E-state index contributed by atoms with van der Waals surface area (Å²) in [4.78, 5) is 4.61. The van der Waals surface area contributed by atoms with Crippen molar-refractivity contribution in [1.29, 1.82) is 0 Å². The van der Waals surface area contributed by atoms with Gasteiger partial charge < -0.3 is 10.1 Å². The minimum Gasteiger partial charge on any atom is -0.370 e. The van der Waals surface area contributed by atoms with Gasteiger partial charge in [0, 0.05) is 25.2 Å². The molecule has 1 aromatic heterocycles. The molecule has 1 saturated carbocycles. The Balaban J connectivity index is 2.09. The summed E-state index contributed by atoms with van der Waals surface area (Å²) < 4.78 is 10.3. The lowest BCUT2D eigenvalue weighted by Crippen LogP contribution is -2.34. The summed E-state index contributed by atoms with van der Waals surface area (Å²) in [7, 11) is 1.79. The van der Waals surface area contributed by atoms with Crippen molar-refractivity contribution in [3.63, 3.8) is 0 Å². The molecule has 0 bridgehead atoms. The first-order valence-corrected chi connectivity index (χ1v) is 7.60. The van der Waals surface area contributed by atoms with Crippen molar-refractivity contribution in [1.82, 2.24) is 9.36 Å². The second-order valence-electron chi connectivity index (χ2n) is 5.23. The second kappa shape index (κ2) is 5.97. The van der Waals surface area contributed by atoms with Gasteiger partial charge in [0.25, 0.3) is 0 Å². The standard InChI is InChI=1S/C13H23N3OS/c1-4-9-14-12-15-11(16-18-12)13(17-3)7-5-10(2)6-8-13/h10H,4-9H2,1-3H3,(H,14,15,16). The van der Waals surface area contributed by atoms with E-state index in [2.05, 4.69) is 28.5 Å². The lowest BCUT2D eigenvalue weighted by atomic mass is 9.79. The normalized spacial score (nSPS) is 28.3. The van der Waals surface area contributed by atoms with Gasteiger partial charge in [-0.3, -0.25) is 0 Å². The van der Waals surface area contributed by atoms with E-state index in [1.165, 1.54) is 24.4 Å². The fraction of sp³-hybridized carbons (Fsp3) is 0.846. The van der Waals surface area contributed by atoms with Crippen molar-refractivity contribution in [3.8, 4) is 0 Å². The maximum Gasteiger partial charge on any atom is 0.202 e. The summed E-state index contributed by atoms with van der Waals surface area (Å²) >= 11 is 1.45. The molecule has 1 aliphatic rings. The number of aromatic nitrogens is 2. The molecule has 1 heterocycles. The van der Waals surface area contributed by atoms with E-state index in [9.17, 15) is 0 Å². The maximum atomic E-state index is 5.78. The summed E-state index contributed by atoms with van der Waals surface area (Å²) in [5, 5.41) is 4.21. The smallest absolute Gasteiger partial charge is 0.202 e. The lowest BCUT2D eigenvalue weighted by Gasteiger charge is -2.35. The molecule has 0 aliphatic heterocycles. The Labute approximate surface area is 113 Å².